The van der Waals surface area contributed by atoms with Crippen LogP contribution in [0.25, 0.3) is 0 Å². The van der Waals surface area contributed by atoms with Crippen LogP contribution < -0.4 is 10.6 Å². The number of hydrogen-bond acceptors (Lipinski definition) is 7. The van der Waals surface area contributed by atoms with Crippen LogP contribution in [0.15, 0.2) is 23.6 Å². The van der Waals surface area contributed by atoms with E-state index >= 15 is 0 Å². The van der Waals surface area contributed by atoms with Crippen molar-refractivity contribution in [3.8, 4) is 0 Å². The number of aromatic nitrogens is 1. The van der Waals surface area contributed by atoms with Gasteiger partial charge in [-0.3, -0.25) is 9.59 Å². The second-order valence-electron chi connectivity index (χ2n) is 6.98. The summed E-state index contributed by atoms with van der Waals surface area (Å²) in [6.07, 6.45) is 0.205. The van der Waals surface area contributed by atoms with Gasteiger partial charge < -0.3 is 25.2 Å². The lowest BCUT2D eigenvalue weighted by Crippen LogP contribution is -2.38. The van der Waals surface area contributed by atoms with Crippen molar-refractivity contribution in [1.82, 2.24) is 20.1 Å². The standard InChI is InChI=1S/C20H27Cl2N5O3S/c1-26(2)9-7-23-18(28)6-8-27(10-11-30-3)19(29)17-13-31-20(25-17)24-16-12-14(21)4-5-15(16)22/h4-5,12-13H,6-11H2,1-3H3,(H,23,28)(H,24,25). The number of carbonyl (C=O) groups is 2. The molecule has 1 aromatic carbocycles. The van der Waals surface area contributed by atoms with Crippen molar-refractivity contribution in [3.05, 3.63) is 39.3 Å². The molecule has 0 unspecified atom stereocenters. The van der Waals surface area contributed by atoms with Crippen molar-refractivity contribution >= 4 is 57.2 Å². The number of ether oxygens (including phenoxy) is 1. The third-order valence-corrected chi connectivity index (χ3v) is 5.56. The third kappa shape index (κ3) is 8.62. The molecular weight excluding hydrogens is 461 g/mol. The number of thiazole rings is 1. The third-order valence-electron chi connectivity index (χ3n) is 4.24. The molecule has 1 heterocycles. The van der Waals surface area contributed by atoms with Gasteiger partial charge in [0.1, 0.15) is 5.69 Å². The molecule has 0 aliphatic rings. The monoisotopic (exact) mass is 487 g/mol. The van der Waals surface area contributed by atoms with Crippen molar-refractivity contribution in [2.75, 3.05) is 59.3 Å². The predicted molar refractivity (Wildman–Crippen MR) is 126 cm³/mol. The number of methoxy groups -OCH3 is 1. The Morgan fingerprint density at radius 2 is 1.97 bits per heavy atom. The number of nitrogens with one attached hydrogen (secondary N) is 2. The zero-order valence-electron chi connectivity index (χ0n) is 17.8. The Hall–Kier alpha value is -1.91. The molecule has 0 aliphatic heterocycles. The van der Waals surface area contributed by atoms with E-state index in [1.165, 1.54) is 11.3 Å². The molecule has 0 radical (unpaired) electrons. The van der Waals surface area contributed by atoms with Crippen LogP contribution in [0.1, 0.15) is 16.9 Å². The van der Waals surface area contributed by atoms with Gasteiger partial charge in [0.05, 0.1) is 17.3 Å². The molecule has 0 atom stereocenters. The van der Waals surface area contributed by atoms with Gasteiger partial charge in [-0.1, -0.05) is 23.2 Å². The van der Waals surface area contributed by atoms with Crippen molar-refractivity contribution < 1.29 is 14.3 Å². The molecule has 2 amide bonds. The lowest BCUT2D eigenvalue weighted by Gasteiger charge is -2.21. The lowest BCUT2D eigenvalue weighted by atomic mass is 10.3. The number of amides is 2. The van der Waals surface area contributed by atoms with Crippen molar-refractivity contribution in [2.45, 2.75) is 6.42 Å². The molecule has 0 spiro atoms. The van der Waals surface area contributed by atoms with Crippen molar-refractivity contribution in [1.29, 1.82) is 0 Å². The molecule has 31 heavy (non-hydrogen) atoms. The summed E-state index contributed by atoms with van der Waals surface area (Å²) in [6.45, 7) is 2.31. The summed E-state index contributed by atoms with van der Waals surface area (Å²) in [4.78, 5) is 33.0. The summed E-state index contributed by atoms with van der Waals surface area (Å²) in [5.74, 6) is -0.368. The first-order chi connectivity index (χ1) is 14.8. The highest BCUT2D eigenvalue weighted by atomic mass is 35.5. The highest BCUT2D eigenvalue weighted by molar-refractivity contribution is 7.14. The summed E-state index contributed by atoms with van der Waals surface area (Å²) in [5, 5.41) is 9.14. The van der Waals surface area contributed by atoms with Crippen LogP contribution >= 0.6 is 34.5 Å². The molecule has 0 bridgehead atoms. The van der Waals surface area contributed by atoms with Crippen LogP contribution in [0.3, 0.4) is 0 Å². The maximum absolute atomic E-state index is 13.0. The Bertz CT molecular complexity index is 878. The summed E-state index contributed by atoms with van der Waals surface area (Å²) in [7, 11) is 5.44. The van der Waals surface area contributed by atoms with Crippen molar-refractivity contribution in [3.63, 3.8) is 0 Å². The van der Waals surface area contributed by atoms with E-state index in [0.29, 0.717) is 40.6 Å². The molecule has 2 rings (SSSR count). The Labute approximate surface area is 196 Å². The first-order valence-corrected chi connectivity index (χ1v) is 11.3. The van der Waals surface area contributed by atoms with Gasteiger partial charge in [0.2, 0.25) is 5.91 Å². The summed E-state index contributed by atoms with van der Waals surface area (Å²) in [5.41, 5.74) is 0.892. The molecule has 0 saturated carbocycles. The van der Waals surface area contributed by atoms with Crippen LogP contribution in [-0.4, -0.2) is 80.6 Å². The quantitative estimate of drug-likeness (QED) is 0.477. The maximum Gasteiger partial charge on any atom is 0.273 e. The molecule has 11 heteroatoms. The van der Waals surface area contributed by atoms with Crippen LogP contribution in [0.4, 0.5) is 10.8 Å². The minimum absolute atomic E-state index is 0.103. The Balaban J connectivity index is 1.99. The number of rotatable bonds is 12. The minimum Gasteiger partial charge on any atom is -0.383 e. The number of benzene rings is 1. The lowest BCUT2D eigenvalue weighted by molar-refractivity contribution is -0.121. The molecule has 1 aromatic heterocycles. The number of hydrogen-bond donors (Lipinski definition) is 2. The highest BCUT2D eigenvalue weighted by Gasteiger charge is 2.20. The number of nitrogens with zero attached hydrogens (tertiary/aromatic N) is 3. The average Bonchev–Trinajstić information content (AvgIpc) is 3.18. The van der Waals surface area contributed by atoms with Gasteiger partial charge in [0.15, 0.2) is 5.13 Å². The number of likely N-dealkylation sites (N-methyl/N-ethyl adjacent to an activating group) is 1. The van der Waals surface area contributed by atoms with E-state index < -0.39 is 0 Å². The molecule has 2 aromatic rings. The molecule has 2 N–H and O–H groups in total. The Kier molecular flexibility index (Phi) is 10.5. The van der Waals surface area contributed by atoms with Gasteiger partial charge in [-0.25, -0.2) is 4.98 Å². The molecule has 0 fully saturated rings. The number of carbonyl (C=O) groups excluding carboxylic acids is 2. The fourth-order valence-corrected chi connectivity index (χ4v) is 3.59. The number of anilines is 2. The molecule has 8 nitrogen and oxygen atoms in total. The van der Waals surface area contributed by atoms with E-state index in [4.69, 9.17) is 27.9 Å². The van der Waals surface area contributed by atoms with Gasteiger partial charge in [0.25, 0.3) is 5.91 Å². The summed E-state index contributed by atoms with van der Waals surface area (Å²) < 4.78 is 5.11. The van der Waals surface area contributed by atoms with Gasteiger partial charge in [-0.15, -0.1) is 11.3 Å². The fourth-order valence-electron chi connectivity index (χ4n) is 2.56. The van der Waals surface area contributed by atoms with Gasteiger partial charge >= 0.3 is 0 Å². The first kappa shape index (κ1) is 25.4. The smallest absolute Gasteiger partial charge is 0.273 e. The van der Waals surface area contributed by atoms with Crippen molar-refractivity contribution in [2.24, 2.45) is 0 Å². The predicted octanol–water partition coefficient (Wildman–Crippen LogP) is 3.35. The topological polar surface area (TPSA) is 86.8 Å². The molecule has 0 aliphatic carbocycles. The van der Waals surface area contributed by atoms with Gasteiger partial charge in [-0.2, -0.15) is 0 Å². The van der Waals surface area contributed by atoms with E-state index in [0.717, 1.165) is 6.54 Å². The number of halogens is 2. The maximum atomic E-state index is 13.0. The first-order valence-electron chi connectivity index (χ1n) is 9.67. The molecule has 0 saturated heterocycles. The van der Waals surface area contributed by atoms with E-state index in [2.05, 4.69) is 15.6 Å². The Morgan fingerprint density at radius 3 is 2.68 bits per heavy atom. The summed E-state index contributed by atoms with van der Waals surface area (Å²) in [6, 6.07) is 5.06. The van der Waals surface area contributed by atoms with Crippen LogP contribution in [-0.2, 0) is 9.53 Å². The largest absolute Gasteiger partial charge is 0.383 e. The highest BCUT2D eigenvalue weighted by Crippen LogP contribution is 2.29. The fraction of sp³-hybridized carbons (Fsp3) is 0.450. The van der Waals surface area contributed by atoms with E-state index in [-0.39, 0.29) is 30.5 Å². The van der Waals surface area contributed by atoms with Crippen LogP contribution in [0.5, 0.6) is 0 Å². The SMILES string of the molecule is COCCN(CCC(=O)NCCN(C)C)C(=O)c1csc(Nc2cc(Cl)ccc2Cl)n1. The normalized spacial score (nSPS) is 10.9. The second-order valence-corrected chi connectivity index (χ2v) is 8.68. The van der Waals surface area contributed by atoms with E-state index in [1.54, 1.807) is 35.6 Å². The molecular formula is C20H27Cl2N5O3S. The average molecular weight is 488 g/mol. The zero-order chi connectivity index (χ0) is 22.8. The molecule has 170 valence electrons. The van der Waals surface area contributed by atoms with Gasteiger partial charge in [0, 0.05) is 50.1 Å². The van der Waals surface area contributed by atoms with Gasteiger partial charge in [-0.05, 0) is 32.3 Å². The van der Waals surface area contributed by atoms with Crippen LogP contribution in [0, 0.1) is 0 Å². The zero-order valence-corrected chi connectivity index (χ0v) is 20.1. The van der Waals surface area contributed by atoms with E-state index in [1.807, 2.05) is 19.0 Å². The minimum atomic E-state index is -0.264. The van der Waals surface area contributed by atoms with Crippen LogP contribution in [0.2, 0.25) is 10.0 Å². The van der Waals surface area contributed by atoms with E-state index in [9.17, 15) is 9.59 Å². The Morgan fingerprint density at radius 1 is 1.19 bits per heavy atom. The second kappa shape index (κ2) is 12.8. The summed E-state index contributed by atoms with van der Waals surface area (Å²) >= 11 is 13.5.